The lowest BCUT2D eigenvalue weighted by Gasteiger charge is -2.34. The monoisotopic (exact) mass is 468 g/mol. The van der Waals surface area contributed by atoms with Gasteiger partial charge in [0.05, 0.1) is 17.6 Å². The fourth-order valence-corrected chi connectivity index (χ4v) is 4.86. The first-order valence-electron chi connectivity index (χ1n) is 10.3. The van der Waals surface area contributed by atoms with Crippen molar-refractivity contribution in [2.75, 3.05) is 33.9 Å². The average Bonchev–Trinajstić information content (AvgIpc) is 2.78. The highest BCUT2D eigenvalue weighted by molar-refractivity contribution is 7.89. The van der Waals surface area contributed by atoms with Gasteiger partial charge in [0.1, 0.15) is 0 Å². The molecule has 0 bridgehead atoms. The van der Waals surface area contributed by atoms with Gasteiger partial charge in [-0.2, -0.15) is 4.31 Å². The molecular weight excluding hydrogens is 436 g/mol. The molecule has 0 fully saturated rings. The van der Waals surface area contributed by atoms with Crippen LogP contribution in [0, 0.1) is 5.92 Å². The van der Waals surface area contributed by atoms with Crippen molar-refractivity contribution in [2.24, 2.45) is 5.92 Å². The smallest absolute Gasteiger partial charge is 0.242 e. The van der Waals surface area contributed by atoms with Gasteiger partial charge < -0.3 is 9.84 Å². The van der Waals surface area contributed by atoms with E-state index in [4.69, 9.17) is 16.3 Å². The zero-order valence-corrected chi connectivity index (χ0v) is 20.2. The number of aliphatic hydroxyl groups is 1. The highest BCUT2D eigenvalue weighted by Crippen LogP contribution is 2.22. The van der Waals surface area contributed by atoms with Crippen LogP contribution < -0.4 is 0 Å². The number of hydrogen-bond donors (Lipinski definition) is 1. The highest BCUT2D eigenvalue weighted by Gasteiger charge is 2.28. The summed E-state index contributed by atoms with van der Waals surface area (Å²) in [5, 5.41) is 10.4. The summed E-state index contributed by atoms with van der Waals surface area (Å²) in [6.45, 7) is 5.42. The van der Waals surface area contributed by atoms with Gasteiger partial charge in [0.2, 0.25) is 10.0 Å². The number of rotatable bonds is 12. The SMILES string of the molecule is CO[C@@H](CN(C)S(=O)(=O)c1ccccc1)[C@H](C)CN(Cc1ccccc1Cl)[C@@H](C)CO. The molecule has 0 heterocycles. The lowest BCUT2D eigenvalue weighted by molar-refractivity contribution is 0.0194. The molecule has 0 aromatic heterocycles. The van der Waals surface area contributed by atoms with Crippen molar-refractivity contribution >= 4 is 21.6 Å². The Bertz CT molecular complexity index is 911. The van der Waals surface area contributed by atoms with E-state index in [1.807, 2.05) is 38.1 Å². The van der Waals surface area contributed by atoms with Gasteiger partial charge in [-0.05, 0) is 36.6 Å². The Kier molecular flexibility index (Phi) is 9.93. The molecule has 0 unspecified atom stereocenters. The number of likely N-dealkylation sites (N-methyl/N-ethyl adjacent to an activating group) is 1. The molecule has 172 valence electrons. The molecule has 0 amide bonds. The summed E-state index contributed by atoms with van der Waals surface area (Å²) < 4.78 is 32.8. The fraction of sp³-hybridized carbons (Fsp3) is 0.478. The molecule has 0 aliphatic heterocycles. The number of nitrogens with zero attached hydrogens (tertiary/aromatic N) is 2. The van der Waals surface area contributed by atoms with Crippen molar-refractivity contribution in [1.29, 1.82) is 0 Å². The topological polar surface area (TPSA) is 70.1 Å². The quantitative estimate of drug-likeness (QED) is 0.516. The first-order valence-corrected chi connectivity index (χ1v) is 12.1. The van der Waals surface area contributed by atoms with Gasteiger partial charge in [0, 0.05) is 44.9 Å². The maximum Gasteiger partial charge on any atom is 0.242 e. The van der Waals surface area contributed by atoms with Gasteiger partial charge in [0.15, 0.2) is 0 Å². The van der Waals surface area contributed by atoms with Crippen molar-refractivity contribution in [3.63, 3.8) is 0 Å². The Morgan fingerprint density at radius 1 is 1.03 bits per heavy atom. The number of sulfonamides is 1. The van der Waals surface area contributed by atoms with Crippen LogP contribution in [0.15, 0.2) is 59.5 Å². The fourth-order valence-electron chi connectivity index (χ4n) is 3.46. The third kappa shape index (κ3) is 7.00. The second-order valence-electron chi connectivity index (χ2n) is 7.90. The van der Waals surface area contributed by atoms with Crippen molar-refractivity contribution in [2.45, 2.75) is 37.4 Å². The number of halogens is 1. The van der Waals surface area contributed by atoms with E-state index in [1.165, 1.54) is 4.31 Å². The molecule has 2 aromatic rings. The van der Waals surface area contributed by atoms with E-state index in [-0.39, 0.29) is 36.1 Å². The third-order valence-electron chi connectivity index (χ3n) is 5.57. The molecule has 0 saturated carbocycles. The summed E-state index contributed by atoms with van der Waals surface area (Å²) in [6, 6.07) is 15.9. The Morgan fingerprint density at radius 2 is 1.65 bits per heavy atom. The molecule has 8 heteroatoms. The standard InChI is InChI=1S/C23H33ClN2O4S/c1-18(14-26(19(2)17-27)15-20-10-8-9-13-22(20)24)23(30-4)16-25(3)31(28,29)21-11-6-5-7-12-21/h5-13,18-19,23,27H,14-17H2,1-4H3/t18-,19+,23+/m1/s1. The Labute approximate surface area is 191 Å². The van der Waals surface area contributed by atoms with Crippen LogP contribution in [0.2, 0.25) is 5.02 Å². The number of hydrogen-bond acceptors (Lipinski definition) is 5. The van der Waals surface area contributed by atoms with E-state index >= 15 is 0 Å². The number of ether oxygens (including phenoxy) is 1. The second kappa shape index (κ2) is 11.9. The Morgan fingerprint density at radius 3 is 2.23 bits per heavy atom. The van der Waals surface area contributed by atoms with Crippen LogP contribution in [-0.4, -0.2) is 68.7 Å². The van der Waals surface area contributed by atoms with Gasteiger partial charge in [-0.1, -0.05) is 54.9 Å². The normalized spacial score (nSPS) is 15.2. The van der Waals surface area contributed by atoms with E-state index in [1.54, 1.807) is 44.5 Å². The number of methoxy groups -OCH3 is 1. The minimum absolute atomic E-state index is 0.00918. The van der Waals surface area contributed by atoms with E-state index in [2.05, 4.69) is 4.90 Å². The van der Waals surface area contributed by atoms with Crippen LogP contribution in [0.1, 0.15) is 19.4 Å². The van der Waals surface area contributed by atoms with E-state index in [0.29, 0.717) is 18.1 Å². The largest absolute Gasteiger partial charge is 0.395 e. The van der Waals surface area contributed by atoms with E-state index in [9.17, 15) is 13.5 Å². The molecule has 0 aliphatic rings. The lowest BCUT2D eigenvalue weighted by Crippen LogP contribution is -2.44. The summed E-state index contributed by atoms with van der Waals surface area (Å²) in [6.07, 6.45) is -0.317. The van der Waals surface area contributed by atoms with Crippen molar-refractivity contribution < 1.29 is 18.3 Å². The first-order chi connectivity index (χ1) is 14.7. The van der Waals surface area contributed by atoms with Gasteiger partial charge in [0.25, 0.3) is 0 Å². The van der Waals surface area contributed by atoms with Crippen LogP contribution >= 0.6 is 11.6 Å². The third-order valence-corrected chi connectivity index (χ3v) is 7.77. The van der Waals surface area contributed by atoms with Crippen LogP contribution in [0.5, 0.6) is 0 Å². The molecule has 6 nitrogen and oxygen atoms in total. The molecule has 31 heavy (non-hydrogen) atoms. The maximum absolute atomic E-state index is 12.9. The molecule has 0 radical (unpaired) electrons. The summed E-state index contributed by atoms with van der Waals surface area (Å²) in [7, 11) is -0.435. The average molecular weight is 469 g/mol. The lowest BCUT2D eigenvalue weighted by atomic mass is 10.0. The van der Waals surface area contributed by atoms with Crippen molar-refractivity contribution in [3.8, 4) is 0 Å². The van der Waals surface area contributed by atoms with Crippen LogP contribution in [-0.2, 0) is 21.3 Å². The molecule has 3 atom stereocenters. The minimum atomic E-state index is -3.60. The predicted molar refractivity (Wildman–Crippen MR) is 125 cm³/mol. The summed E-state index contributed by atoms with van der Waals surface area (Å²) >= 11 is 6.33. The van der Waals surface area contributed by atoms with Crippen molar-refractivity contribution in [3.05, 3.63) is 65.2 Å². The number of aliphatic hydroxyl groups excluding tert-OH is 1. The van der Waals surface area contributed by atoms with E-state index in [0.717, 1.165) is 5.56 Å². The Hall–Kier alpha value is -1.48. The minimum Gasteiger partial charge on any atom is -0.395 e. The molecule has 2 aromatic carbocycles. The molecule has 0 saturated heterocycles. The number of benzene rings is 2. The molecule has 0 spiro atoms. The molecule has 1 N–H and O–H groups in total. The molecule has 2 rings (SSSR count). The van der Waals surface area contributed by atoms with Gasteiger partial charge in [-0.25, -0.2) is 8.42 Å². The van der Waals surface area contributed by atoms with Gasteiger partial charge in [-0.3, -0.25) is 4.90 Å². The maximum atomic E-state index is 12.9. The van der Waals surface area contributed by atoms with Crippen molar-refractivity contribution in [1.82, 2.24) is 9.21 Å². The van der Waals surface area contributed by atoms with Gasteiger partial charge >= 0.3 is 0 Å². The van der Waals surface area contributed by atoms with Crippen LogP contribution in [0.4, 0.5) is 0 Å². The van der Waals surface area contributed by atoms with Gasteiger partial charge in [-0.15, -0.1) is 0 Å². The predicted octanol–water partition coefficient (Wildman–Crippen LogP) is 3.49. The second-order valence-corrected chi connectivity index (χ2v) is 10.4. The Balaban J connectivity index is 2.11. The summed E-state index contributed by atoms with van der Waals surface area (Å²) in [4.78, 5) is 2.40. The van der Waals surface area contributed by atoms with Crippen LogP contribution in [0.3, 0.4) is 0 Å². The zero-order chi connectivity index (χ0) is 23.0. The van der Waals surface area contributed by atoms with E-state index < -0.39 is 10.0 Å². The van der Waals surface area contributed by atoms with Crippen LogP contribution in [0.25, 0.3) is 0 Å². The summed E-state index contributed by atoms with van der Waals surface area (Å²) in [5.74, 6) is 0.00918. The summed E-state index contributed by atoms with van der Waals surface area (Å²) in [5.41, 5.74) is 0.981. The first kappa shape index (κ1) is 25.8. The molecule has 0 aliphatic carbocycles. The zero-order valence-electron chi connectivity index (χ0n) is 18.6. The highest BCUT2D eigenvalue weighted by atomic mass is 35.5. The molecular formula is C23H33ClN2O4S.